The Balaban J connectivity index is 1.38. The van der Waals surface area contributed by atoms with Gasteiger partial charge in [-0.25, -0.2) is 9.78 Å². The number of anilines is 2. The van der Waals surface area contributed by atoms with E-state index < -0.39 is 0 Å². The summed E-state index contributed by atoms with van der Waals surface area (Å²) < 4.78 is 10.3. The van der Waals surface area contributed by atoms with E-state index in [0.29, 0.717) is 41.1 Å². The molecule has 4 rings (SSSR count). The molecule has 0 saturated carbocycles. The van der Waals surface area contributed by atoms with Crippen molar-refractivity contribution >= 4 is 34.1 Å². The van der Waals surface area contributed by atoms with Gasteiger partial charge in [0.1, 0.15) is 16.4 Å². The van der Waals surface area contributed by atoms with Gasteiger partial charge in [0.25, 0.3) is 5.91 Å². The molecule has 1 aliphatic heterocycles. The van der Waals surface area contributed by atoms with E-state index in [-0.39, 0.29) is 11.9 Å². The van der Waals surface area contributed by atoms with Crippen molar-refractivity contribution < 1.29 is 19.1 Å². The number of carbonyl (C=O) groups excluding carboxylic acids is 2. The summed E-state index contributed by atoms with van der Waals surface area (Å²) in [6, 6.07) is 14.6. The number of hydrogen-bond acceptors (Lipinski definition) is 6. The number of ether oxygens (including phenoxy) is 2. The van der Waals surface area contributed by atoms with Crippen LogP contribution in [0.3, 0.4) is 0 Å². The molecule has 1 saturated heterocycles. The van der Waals surface area contributed by atoms with Crippen LogP contribution in [0.2, 0.25) is 0 Å². The van der Waals surface area contributed by atoms with Crippen LogP contribution in [0.15, 0.2) is 54.7 Å². The first-order valence-corrected chi connectivity index (χ1v) is 10.5. The number of benzene rings is 2. The van der Waals surface area contributed by atoms with Gasteiger partial charge in [0, 0.05) is 25.3 Å². The molecule has 2 heterocycles. The molecule has 0 aliphatic carbocycles. The second-order valence-electron chi connectivity index (χ2n) is 6.89. The Labute approximate surface area is 184 Å². The minimum Gasteiger partial charge on any atom is -0.497 e. The molecule has 2 aromatic carbocycles. The van der Waals surface area contributed by atoms with Gasteiger partial charge >= 0.3 is 6.03 Å². The van der Waals surface area contributed by atoms with Gasteiger partial charge in [-0.3, -0.25) is 9.69 Å². The van der Waals surface area contributed by atoms with Gasteiger partial charge in [-0.05, 0) is 42.0 Å². The minimum absolute atomic E-state index is 0.118. The Kier molecular flexibility index (Phi) is 6.03. The molecular weight excluding hydrogens is 416 g/mol. The topological polar surface area (TPSA) is 84.0 Å². The van der Waals surface area contributed by atoms with Crippen LogP contribution in [0.1, 0.15) is 15.2 Å². The molecule has 0 unspecified atom stereocenters. The molecule has 1 N–H and O–H groups in total. The highest BCUT2D eigenvalue weighted by atomic mass is 32.1. The van der Waals surface area contributed by atoms with E-state index >= 15 is 0 Å². The summed E-state index contributed by atoms with van der Waals surface area (Å²) in [5, 5.41) is 3.34. The predicted octanol–water partition coefficient (Wildman–Crippen LogP) is 3.85. The van der Waals surface area contributed by atoms with Crippen LogP contribution in [0.5, 0.6) is 11.5 Å². The number of urea groups is 1. The zero-order valence-corrected chi connectivity index (χ0v) is 18.0. The van der Waals surface area contributed by atoms with E-state index in [1.165, 1.54) is 17.5 Å². The molecular formula is C22H22N4O4S. The van der Waals surface area contributed by atoms with E-state index in [1.54, 1.807) is 48.3 Å². The van der Waals surface area contributed by atoms with Gasteiger partial charge in [0.2, 0.25) is 0 Å². The van der Waals surface area contributed by atoms with Gasteiger partial charge in [0.05, 0.1) is 20.4 Å². The van der Waals surface area contributed by atoms with E-state index in [9.17, 15) is 9.59 Å². The molecule has 3 aromatic rings. The maximum Gasteiger partial charge on any atom is 0.326 e. The summed E-state index contributed by atoms with van der Waals surface area (Å²) in [5.41, 5.74) is 1.68. The number of hydrogen-bond donors (Lipinski definition) is 1. The lowest BCUT2D eigenvalue weighted by atomic mass is 10.2. The number of carbonyl (C=O) groups is 2. The molecule has 9 heteroatoms. The fourth-order valence-corrected chi connectivity index (χ4v) is 4.05. The highest BCUT2D eigenvalue weighted by Gasteiger charge is 2.31. The van der Waals surface area contributed by atoms with Crippen molar-refractivity contribution in [3.63, 3.8) is 0 Å². The summed E-state index contributed by atoms with van der Waals surface area (Å²) in [6.07, 6.45) is 1.50. The summed E-state index contributed by atoms with van der Waals surface area (Å²) >= 11 is 1.20. The lowest BCUT2D eigenvalue weighted by Crippen LogP contribution is -2.31. The van der Waals surface area contributed by atoms with Crippen molar-refractivity contribution in [3.05, 3.63) is 65.2 Å². The average molecular weight is 439 g/mol. The van der Waals surface area contributed by atoms with Gasteiger partial charge in [0.15, 0.2) is 5.13 Å². The van der Waals surface area contributed by atoms with Crippen LogP contribution in [0.4, 0.5) is 15.6 Å². The lowest BCUT2D eigenvalue weighted by molar-refractivity contribution is 0.103. The van der Waals surface area contributed by atoms with E-state index in [2.05, 4.69) is 10.3 Å². The van der Waals surface area contributed by atoms with Crippen LogP contribution in [-0.4, -0.2) is 49.1 Å². The standard InChI is InChI=1S/C22H22N4O4S/c1-29-17-7-3-15(4-8-17)14-25-11-12-26(22(25)28)21-23-13-19(31-21)20(27)24-16-5-9-18(30-2)10-6-16/h3-10,13H,11-12,14H2,1-2H3,(H,24,27). The van der Waals surface area contributed by atoms with Gasteiger partial charge in [-0.2, -0.15) is 0 Å². The Morgan fingerprint density at radius 3 is 2.32 bits per heavy atom. The maximum absolute atomic E-state index is 12.8. The minimum atomic E-state index is -0.268. The third kappa shape index (κ3) is 4.61. The predicted molar refractivity (Wildman–Crippen MR) is 119 cm³/mol. The fourth-order valence-electron chi connectivity index (χ4n) is 3.22. The van der Waals surface area contributed by atoms with Crippen molar-refractivity contribution in [1.29, 1.82) is 0 Å². The Morgan fingerprint density at radius 2 is 1.68 bits per heavy atom. The van der Waals surface area contributed by atoms with Crippen molar-refractivity contribution in [1.82, 2.24) is 9.88 Å². The first-order chi connectivity index (χ1) is 15.1. The zero-order chi connectivity index (χ0) is 21.8. The van der Waals surface area contributed by atoms with E-state index in [0.717, 1.165) is 11.3 Å². The average Bonchev–Trinajstić information content (AvgIpc) is 3.42. The second-order valence-corrected chi connectivity index (χ2v) is 7.90. The summed E-state index contributed by atoms with van der Waals surface area (Å²) in [4.78, 5) is 33.5. The van der Waals surface area contributed by atoms with Crippen LogP contribution in [0.25, 0.3) is 0 Å². The van der Waals surface area contributed by atoms with Gasteiger partial charge in [-0.15, -0.1) is 0 Å². The highest BCUT2D eigenvalue weighted by Crippen LogP contribution is 2.28. The summed E-state index contributed by atoms with van der Waals surface area (Å²) in [7, 11) is 3.21. The molecule has 8 nitrogen and oxygen atoms in total. The molecule has 0 radical (unpaired) electrons. The summed E-state index contributed by atoms with van der Waals surface area (Å²) in [5.74, 6) is 1.22. The lowest BCUT2D eigenvalue weighted by Gasteiger charge is -2.17. The molecule has 3 amide bonds. The number of rotatable bonds is 7. The largest absolute Gasteiger partial charge is 0.497 e. The third-order valence-electron chi connectivity index (χ3n) is 4.92. The molecule has 1 aromatic heterocycles. The van der Waals surface area contributed by atoms with Crippen LogP contribution in [-0.2, 0) is 6.54 Å². The van der Waals surface area contributed by atoms with Crippen molar-refractivity contribution in [2.24, 2.45) is 0 Å². The first-order valence-electron chi connectivity index (χ1n) is 9.68. The van der Waals surface area contributed by atoms with Crippen LogP contribution < -0.4 is 19.7 Å². The molecule has 0 bridgehead atoms. The molecule has 0 spiro atoms. The Bertz CT molecular complexity index is 1070. The quantitative estimate of drug-likeness (QED) is 0.606. The highest BCUT2D eigenvalue weighted by molar-refractivity contribution is 7.17. The SMILES string of the molecule is COc1ccc(CN2CCN(c3ncc(C(=O)Nc4ccc(OC)cc4)s3)C2=O)cc1. The Morgan fingerprint density at radius 1 is 1.03 bits per heavy atom. The monoisotopic (exact) mass is 438 g/mol. The first kappa shape index (κ1) is 20.7. The normalized spacial score (nSPS) is 13.4. The van der Waals surface area contributed by atoms with E-state index in [1.807, 2.05) is 24.3 Å². The number of nitrogens with one attached hydrogen (secondary N) is 1. The maximum atomic E-state index is 12.8. The van der Waals surface area contributed by atoms with Gasteiger partial charge in [-0.1, -0.05) is 23.5 Å². The third-order valence-corrected chi connectivity index (χ3v) is 5.94. The molecule has 160 valence electrons. The molecule has 31 heavy (non-hydrogen) atoms. The number of aromatic nitrogens is 1. The summed E-state index contributed by atoms with van der Waals surface area (Å²) in [6.45, 7) is 1.63. The van der Waals surface area contributed by atoms with E-state index in [4.69, 9.17) is 9.47 Å². The number of nitrogens with zero attached hydrogens (tertiary/aromatic N) is 3. The van der Waals surface area contributed by atoms with Crippen molar-refractivity contribution in [2.75, 3.05) is 37.5 Å². The molecule has 1 aliphatic rings. The fraction of sp³-hybridized carbons (Fsp3) is 0.227. The number of thiazole rings is 1. The Hall–Kier alpha value is -3.59. The van der Waals surface area contributed by atoms with Gasteiger partial charge < -0.3 is 19.7 Å². The van der Waals surface area contributed by atoms with Crippen molar-refractivity contribution in [2.45, 2.75) is 6.54 Å². The van der Waals surface area contributed by atoms with Crippen LogP contribution >= 0.6 is 11.3 Å². The molecule has 1 fully saturated rings. The van der Waals surface area contributed by atoms with Crippen LogP contribution in [0, 0.1) is 0 Å². The number of methoxy groups -OCH3 is 2. The second kappa shape index (κ2) is 9.05. The number of amides is 3. The smallest absolute Gasteiger partial charge is 0.326 e. The molecule has 0 atom stereocenters. The van der Waals surface area contributed by atoms with Crippen molar-refractivity contribution in [3.8, 4) is 11.5 Å². The zero-order valence-electron chi connectivity index (χ0n) is 17.2.